The van der Waals surface area contributed by atoms with E-state index in [0.717, 1.165) is 5.56 Å². The maximum Gasteiger partial charge on any atom is 0.390 e. The fraction of sp³-hybridized carbons (Fsp3) is 0.562. The van der Waals surface area contributed by atoms with Gasteiger partial charge in [0, 0.05) is 64.5 Å². The molecule has 3 amide bonds. The first-order chi connectivity index (χ1) is 21.2. The maximum atomic E-state index is 15.2. The first kappa shape index (κ1) is 34.4. The third-order valence-electron chi connectivity index (χ3n) is 8.53. The number of hydrogen-bond donors (Lipinski definition) is 3. The maximum absolute atomic E-state index is 15.2. The van der Waals surface area contributed by atoms with Crippen LogP contribution in [-0.4, -0.2) is 85.4 Å². The number of aliphatic hydroxyl groups excluding tert-OH is 1. The second kappa shape index (κ2) is 14.3. The third kappa shape index (κ3) is 9.06. The van der Waals surface area contributed by atoms with Crippen molar-refractivity contribution in [3.05, 3.63) is 58.7 Å². The van der Waals surface area contributed by atoms with Gasteiger partial charge in [-0.05, 0) is 47.9 Å². The molecule has 2 aromatic rings. The minimum absolute atomic E-state index is 0.0642. The Labute approximate surface area is 260 Å². The Kier molecular flexibility index (Phi) is 11.0. The first-order valence-electron chi connectivity index (χ1n) is 15.3. The topological polar surface area (TPSA) is 88.1 Å². The number of piperidine rings is 1. The number of benzene rings is 2. The summed E-state index contributed by atoms with van der Waals surface area (Å²) >= 11 is 0. The zero-order chi connectivity index (χ0) is 32.9. The van der Waals surface area contributed by atoms with Crippen molar-refractivity contribution in [1.82, 2.24) is 15.1 Å². The summed E-state index contributed by atoms with van der Waals surface area (Å²) in [6, 6.07) is 7.47. The summed E-state index contributed by atoms with van der Waals surface area (Å²) in [5.41, 5.74) is 1.14. The van der Waals surface area contributed by atoms with Gasteiger partial charge in [0.2, 0.25) is 0 Å². The van der Waals surface area contributed by atoms with Crippen LogP contribution in [0.1, 0.15) is 61.5 Å². The molecule has 0 unspecified atom stereocenters. The number of piperazine rings is 1. The lowest BCUT2D eigenvalue weighted by atomic mass is 9.86. The molecule has 0 aliphatic carbocycles. The van der Waals surface area contributed by atoms with E-state index in [1.165, 1.54) is 12.1 Å². The third-order valence-corrected chi connectivity index (χ3v) is 8.53. The van der Waals surface area contributed by atoms with E-state index >= 15 is 8.78 Å². The number of hydrogen-bond acceptors (Lipinski definition) is 5. The summed E-state index contributed by atoms with van der Waals surface area (Å²) in [7, 11) is 0. The SMILES string of the molecule is CC(C)(C)c1ccc(NC(=O)c2ccc(CNC(=O)N3CCC(CO)CC3)c(F)c2F)c(N2CCN(CCC(F)(F)F)CC2)c1. The van der Waals surface area contributed by atoms with Crippen molar-refractivity contribution in [2.45, 2.75) is 58.2 Å². The van der Waals surface area contributed by atoms with Crippen molar-refractivity contribution in [2.75, 3.05) is 62.6 Å². The molecule has 4 rings (SSSR count). The summed E-state index contributed by atoms with van der Waals surface area (Å²) in [6.07, 6.45) is -3.79. The molecule has 2 saturated heterocycles. The highest BCUT2D eigenvalue weighted by Crippen LogP contribution is 2.34. The van der Waals surface area contributed by atoms with E-state index in [0.29, 0.717) is 63.5 Å². The van der Waals surface area contributed by atoms with Crippen LogP contribution in [0.15, 0.2) is 30.3 Å². The quantitative estimate of drug-likeness (QED) is 0.332. The van der Waals surface area contributed by atoms with Crippen molar-refractivity contribution in [3.63, 3.8) is 0 Å². The van der Waals surface area contributed by atoms with Crippen LogP contribution in [0.5, 0.6) is 0 Å². The number of aliphatic hydroxyl groups is 1. The normalized spacial score (nSPS) is 17.0. The largest absolute Gasteiger partial charge is 0.396 e. The Morgan fingerprint density at radius 3 is 2.20 bits per heavy atom. The molecule has 3 N–H and O–H groups in total. The smallest absolute Gasteiger partial charge is 0.390 e. The summed E-state index contributed by atoms with van der Waals surface area (Å²) in [5.74, 6) is -3.29. The molecule has 8 nitrogen and oxygen atoms in total. The van der Waals surface area contributed by atoms with Gasteiger partial charge in [0.05, 0.1) is 23.4 Å². The number of likely N-dealkylation sites (tertiary alicyclic amines) is 1. The molecule has 2 aliphatic heterocycles. The highest BCUT2D eigenvalue weighted by molar-refractivity contribution is 6.06. The van der Waals surface area contributed by atoms with Crippen molar-refractivity contribution in [2.24, 2.45) is 5.92 Å². The summed E-state index contributed by atoms with van der Waals surface area (Å²) in [5, 5.41) is 14.6. The lowest BCUT2D eigenvalue weighted by Gasteiger charge is -2.37. The molecule has 0 aromatic heterocycles. The second-order valence-corrected chi connectivity index (χ2v) is 12.8. The molecule has 2 fully saturated rings. The number of anilines is 2. The summed E-state index contributed by atoms with van der Waals surface area (Å²) < 4.78 is 68.3. The minimum atomic E-state index is -4.23. The van der Waals surface area contributed by atoms with Gasteiger partial charge in [0.15, 0.2) is 11.6 Å². The van der Waals surface area contributed by atoms with Crippen LogP contribution >= 0.6 is 0 Å². The number of nitrogens with one attached hydrogen (secondary N) is 2. The lowest BCUT2D eigenvalue weighted by Crippen LogP contribution is -2.47. The molecule has 2 aliphatic rings. The molecule has 0 saturated carbocycles. The summed E-state index contributed by atoms with van der Waals surface area (Å²) in [4.78, 5) is 31.0. The van der Waals surface area contributed by atoms with Crippen molar-refractivity contribution in [1.29, 1.82) is 0 Å². The monoisotopic (exact) mass is 639 g/mol. The van der Waals surface area contributed by atoms with Gasteiger partial charge in [-0.25, -0.2) is 13.6 Å². The van der Waals surface area contributed by atoms with E-state index in [1.807, 2.05) is 37.8 Å². The van der Waals surface area contributed by atoms with Gasteiger partial charge < -0.3 is 25.5 Å². The van der Waals surface area contributed by atoms with E-state index in [1.54, 1.807) is 15.9 Å². The van der Waals surface area contributed by atoms with Crippen LogP contribution in [0, 0.1) is 17.6 Å². The Bertz CT molecular complexity index is 1350. The highest BCUT2D eigenvalue weighted by atomic mass is 19.4. The molecule has 2 heterocycles. The molecule has 45 heavy (non-hydrogen) atoms. The molecular formula is C32H42F5N5O3. The number of carbonyl (C=O) groups is 2. The van der Waals surface area contributed by atoms with Crippen LogP contribution in [0.4, 0.5) is 38.1 Å². The number of nitrogens with zero attached hydrogens (tertiary/aromatic N) is 3. The molecule has 13 heteroatoms. The molecule has 0 bridgehead atoms. The Morgan fingerprint density at radius 2 is 1.60 bits per heavy atom. The van der Waals surface area contributed by atoms with E-state index in [2.05, 4.69) is 10.6 Å². The van der Waals surface area contributed by atoms with Gasteiger partial charge in [-0.3, -0.25) is 9.69 Å². The Balaban J connectivity index is 1.45. The van der Waals surface area contributed by atoms with Gasteiger partial charge in [-0.1, -0.05) is 32.9 Å². The Morgan fingerprint density at radius 1 is 0.933 bits per heavy atom. The van der Waals surface area contributed by atoms with Gasteiger partial charge in [0.25, 0.3) is 5.91 Å². The average Bonchev–Trinajstić information content (AvgIpc) is 3.00. The number of amides is 3. The van der Waals surface area contributed by atoms with Gasteiger partial charge in [-0.15, -0.1) is 0 Å². The zero-order valence-electron chi connectivity index (χ0n) is 25.9. The first-order valence-corrected chi connectivity index (χ1v) is 15.3. The molecule has 0 atom stereocenters. The minimum Gasteiger partial charge on any atom is -0.396 e. The summed E-state index contributed by atoms with van der Waals surface area (Å²) in [6.45, 7) is 8.38. The molecule has 0 spiro atoms. The van der Waals surface area contributed by atoms with Gasteiger partial charge in [0.1, 0.15) is 0 Å². The number of carbonyl (C=O) groups excluding carboxylic acids is 2. The average molecular weight is 640 g/mol. The van der Waals surface area contributed by atoms with Crippen LogP contribution < -0.4 is 15.5 Å². The van der Waals surface area contributed by atoms with Gasteiger partial charge in [-0.2, -0.15) is 13.2 Å². The fourth-order valence-electron chi connectivity index (χ4n) is 5.56. The van der Waals surface area contributed by atoms with Gasteiger partial charge >= 0.3 is 12.2 Å². The number of urea groups is 1. The van der Waals surface area contributed by atoms with Crippen molar-refractivity contribution < 1.29 is 36.6 Å². The van der Waals surface area contributed by atoms with Crippen LogP contribution in [0.25, 0.3) is 0 Å². The van der Waals surface area contributed by atoms with Crippen molar-refractivity contribution in [3.8, 4) is 0 Å². The number of rotatable bonds is 8. The van der Waals surface area contributed by atoms with E-state index < -0.39 is 41.7 Å². The molecular weight excluding hydrogens is 597 g/mol. The van der Waals surface area contributed by atoms with Crippen molar-refractivity contribution >= 4 is 23.3 Å². The molecule has 248 valence electrons. The van der Waals surface area contributed by atoms with E-state index in [9.17, 15) is 27.9 Å². The Hall–Kier alpha value is -3.45. The molecule has 0 radical (unpaired) electrons. The predicted octanol–water partition coefficient (Wildman–Crippen LogP) is 5.50. The van der Waals surface area contributed by atoms with Crippen LogP contribution in [0.3, 0.4) is 0 Å². The standard InChI is InChI=1S/C32H42F5N5O3/c1-31(2,3)23-5-7-25(26(18-23)41-16-14-40(15-17-41)13-10-32(35,36)37)39-29(44)24-6-4-22(27(33)28(24)34)19-38-30(45)42-11-8-21(20-43)9-12-42/h4-7,18,21,43H,8-17,19-20H2,1-3H3,(H,38,45)(H,39,44). The molecule has 2 aromatic carbocycles. The van der Waals surface area contributed by atoms with E-state index in [-0.39, 0.29) is 36.6 Å². The van der Waals surface area contributed by atoms with Crippen LogP contribution in [0.2, 0.25) is 0 Å². The van der Waals surface area contributed by atoms with Crippen LogP contribution in [-0.2, 0) is 12.0 Å². The fourth-order valence-corrected chi connectivity index (χ4v) is 5.56. The lowest BCUT2D eigenvalue weighted by molar-refractivity contribution is -0.138. The predicted molar refractivity (Wildman–Crippen MR) is 162 cm³/mol. The second-order valence-electron chi connectivity index (χ2n) is 12.8. The number of halogens is 5. The number of alkyl halides is 3. The zero-order valence-corrected chi connectivity index (χ0v) is 25.9. The van der Waals surface area contributed by atoms with E-state index in [4.69, 9.17) is 0 Å². The highest BCUT2D eigenvalue weighted by Gasteiger charge is 2.30.